The molecule has 7 nitrogen and oxygen atoms in total. The van der Waals surface area contributed by atoms with Crippen LogP contribution in [0.5, 0.6) is 5.75 Å². The summed E-state index contributed by atoms with van der Waals surface area (Å²) in [5.41, 5.74) is 0.893. The van der Waals surface area contributed by atoms with Crippen molar-refractivity contribution in [2.45, 2.75) is 25.5 Å². The molecule has 1 aliphatic heterocycles. The van der Waals surface area contributed by atoms with Crippen LogP contribution in [-0.2, 0) is 9.53 Å². The molecule has 1 aromatic heterocycles. The highest BCUT2D eigenvalue weighted by Crippen LogP contribution is 2.25. The third-order valence-electron chi connectivity index (χ3n) is 4.60. The smallest absolute Gasteiger partial charge is 0.258 e. The average molecular weight is 391 g/mol. The largest absolute Gasteiger partial charge is 0.484 e. The van der Waals surface area contributed by atoms with Crippen molar-refractivity contribution < 1.29 is 14.3 Å². The maximum Gasteiger partial charge on any atom is 0.258 e. The number of nitrogens with zero attached hydrogens (tertiary/aromatic N) is 3. The van der Waals surface area contributed by atoms with Crippen LogP contribution in [0.3, 0.4) is 0 Å². The van der Waals surface area contributed by atoms with E-state index in [4.69, 9.17) is 21.1 Å². The molecule has 8 heteroatoms. The topological polar surface area (TPSA) is 76.6 Å². The Morgan fingerprint density at radius 2 is 2.26 bits per heavy atom. The molecule has 1 aliphatic rings. The molecule has 0 bridgehead atoms. The number of carbonyl (C=O) groups is 1. The molecule has 2 atom stereocenters. The van der Waals surface area contributed by atoms with E-state index in [1.54, 1.807) is 31.5 Å². The first-order chi connectivity index (χ1) is 13.1. The number of halogens is 1. The summed E-state index contributed by atoms with van der Waals surface area (Å²) >= 11 is 5.93. The number of aromatic nitrogens is 2. The Hall–Kier alpha value is -2.38. The zero-order valence-electron chi connectivity index (χ0n) is 15.4. The van der Waals surface area contributed by atoms with Gasteiger partial charge in [-0.2, -0.15) is 0 Å². The van der Waals surface area contributed by atoms with Crippen LogP contribution in [0.2, 0.25) is 5.02 Å². The lowest BCUT2D eigenvalue weighted by Gasteiger charge is -2.25. The van der Waals surface area contributed by atoms with Crippen molar-refractivity contribution in [1.29, 1.82) is 0 Å². The fourth-order valence-corrected chi connectivity index (χ4v) is 3.40. The summed E-state index contributed by atoms with van der Waals surface area (Å²) in [5.74, 6) is 1.31. The lowest BCUT2D eigenvalue weighted by Crippen LogP contribution is -2.42. The Bertz CT molecular complexity index is 775. The lowest BCUT2D eigenvalue weighted by molar-refractivity contribution is -0.123. The van der Waals surface area contributed by atoms with Crippen LogP contribution in [0.4, 0.5) is 5.82 Å². The number of carbonyl (C=O) groups excluding carboxylic acids is 1. The van der Waals surface area contributed by atoms with Crippen LogP contribution in [0.25, 0.3) is 0 Å². The van der Waals surface area contributed by atoms with Gasteiger partial charge in [0, 0.05) is 31.4 Å². The van der Waals surface area contributed by atoms with Gasteiger partial charge in [0.05, 0.1) is 12.1 Å². The number of ether oxygens (including phenoxy) is 2. The highest BCUT2D eigenvalue weighted by molar-refractivity contribution is 6.30. The molecule has 144 valence electrons. The van der Waals surface area contributed by atoms with Crippen molar-refractivity contribution in [3.8, 4) is 5.75 Å². The molecular weight excluding hydrogens is 368 g/mol. The molecule has 0 aliphatic carbocycles. The summed E-state index contributed by atoms with van der Waals surface area (Å²) in [7, 11) is 1.70. The van der Waals surface area contributed by atoms with E-state index in [9.17, 15) is 4.79 Å². The third kappa shape index (κ3) is 5.08. The van der Waals surface area contributed by atoms with Gasteiger partial charge in [-0.3, -0.25) is 4.79 Å². The summed E-state index contributed by atoms with van der Waals surface area (Å²) in [6, 6.07) is 7.27. The number of hydrogen-bond acceptors (Lipinski definition) is 6. The summed E-state index contributed by atoms with van der Waals surface area (Å²) in [6.07, 6.45) is 4.15. The number of aryl methyl sites for hydroxylation is 1. The molecule has 1 amide bonds. The molecule has 27 heavy (non-hydrogen) atoms. The zero-order valence-corrected chi connectivity index (χ0v) is 16.1. The Morgan fingerprint density at radius 1 is 1.41 bits per heavy atom. The van der Waals surface area contributed by atoms with E-state index in [1.165, 1.54) is 6.33 Å². The van der Waals surface area contributed by atoms with Crippen molar-refractivity contribution in [2.75, 3.05) is 31.7 Å². The molecule has 0 saturated carbocycles. The standard InChI is InChI=1S/C19H23ClN4O3/c1-13-7-14(20)3-4-17(13)27-11-19(25)22-9-15-8-16(26-2)10-24(15)18-5-6-21-12-23-18/h3-7,12,15-16H,8-11H2,1-2H3,(H,22,25)/t15-,16-/m0/s1. The van der Waals surface area contributed by atoms with Crippen LogP contribution in [-0.4, -0.2) is 54.8 Å². The summed E-state index contributed by atoms with van der Waals surface area (Å²) < 4.78 is 11.1. The summed E-state index contributed by atoms with van der Waals surface area (Å²) in [5, 5.41) is 3.58. The van der Waals surface area contributed by atoms with E-state index in [1.807, 2.05) is 13.0 Å². The predicted molar refractivity (Wildman–Crippen MR) is 103 cm³/mol. The molecule has 0 unspecified atom stereocenters. The first-order valence-electron chi connectivity index (χ1n) is 8.78. The Kier molecular flexibility index (Phi) is 6.47. The van der Waals surface area contributed by atoms with E-state index >= 15 is 0 Å². The molecule has 0 radical (unpaired) electrons. The van der Waals surface area contributed by atoms with Gasteiger partial charge in [0.15, 0.2) is 6.61 Å². The molecule has 2 aromatic rings. The second kappa shape index (κ2) is 9.01. The number of nitrogens with one attached hydrogen (secondary N) is 1. The minimum Gasteiger partial charge on any atom is -0.484 e. The Balaban J connectivity index is 1.53. The Morgan fingerprint density at radius 3 is 2.96 bits per heavy atom. The fraction of sp³-hybridized carbons (Fsp3) is 0.421. The highest BCUT2D eigenvalue weighted by Gasteiger charge is 2.33. The van der Waals surface area contributed by atoms with Gasteiger partial charge in [-0.15, -0.1) is 0 Å². The number of benzene rings is 1. The van der Waals surface area contributed by atoms with Gasteiger partial charge in [-0.1, -0.05) is 11.6 Å². The molecule has 1 aromatic carbocycles. The average Bonchev–Trinajstić information content (AvgIpc) is 3.10. The molecule has 1 fully saturated rings. The van der Waals surface area contributed by atoms with Gasteiger partial charge in [0.25, 0.3) is 5.91 Å². The monoisotopic (exact) mass is 390 g/mol. The molecule has 2 heterocycles. The van der Waals surface area contributed by atoms with Crippen molar-refractivity contribution in [3.05, 3.63) is 47.4 Å². The minimum atomic E-state index is -0.173. The number of rotatable bonds is 7. The van der Waals surface area contributed by atoms with Gasteiger partial charge in [-0.25, -0.2) is 9.97 Å². The summed E-state index contributed by atoms with van der Waals surface area (Å²) in [4.78, 5) is 22.6. The van der Waals surface area contributed by atoms with Crippen LogP contribution in [0.1, 0.15) is 12.0 Å². The second-order valence-corrected chi connectivity index (χ2v) is 6.91. The van der Waals surface area contributed by atoms with Gasteiger partial charge in [0.1, 0.15) is 17.9 Å². The van der Waals surface area contributed by atoms with Gasteiger partial charge >= 0.3 is 0 Å². The summed E-state index contributed by atoms with van der Waals surface area (Å²) in [6.45, 7) is 3.07. The quantitative estimate of drug-likeness (QED) is 0.781. The van der Waals surface area contributed by atoms with Crippen molar-refractivity contribution >= 4 is 23.3 Å². The van der Waals surface area contributed by atoms with Crippen LogP contribution in [0.15, 0.2) is 36.8 Å². The van der Waals surface area contributed by atoms with Crippen LogP contribution >= 0.6 is 11.6 Å². The van der Waals surface area contributed by atoms with Crippen LogP contribution < -0.4 is 15.0 Å². The van der Waals surface area contributed by atoms with E-state index in [2.05, 4.69) is 20.2 Å². The van der Waals surface area contributed by atoms with Crippen molar-refractivity contribution in [1.82, 2.24) is 15.3 Å². The molecule has 0 spiro atoms. The van der Waals surface area contributed by atoms with E-state index in [-0.39, 0.29) is 24.7 Å². The highest BCUT2D eigenvalue weighted by atomic mass is 35.5. The molecule has 1 saturated heterocycles. The van der Waals surface area contributed by atoms with Crippen LogP contribution in [0, 0.1) is 6.92 Å². The fourth-order valence-electron chi connectivity index (χ4n) is 3.17. The normalized spacial score (nSPS) is 19.1. The van der Waals surface area contributed by atoms with Crippen molar-refractivity contribution in [3.63, 3.8) is 0 Å². The molecule has 1 N–H and O–H groups in total. The van der Waals surface area contributed by atoms with Gasteiger partial charge < -0.3 is 19.7 Å². The number of anilines is 1. The van der Waals surface area contributed by atoms with E-state index < -0.39 is 0 Å². The number of amides is 1. The Labute approximate surface area is 163 Å². The maximum absolute atomic E-state index is 12.2. The predicted octanol–water partition coefficient (Wildman–Crippen LogP) is 2.23. The molecule has 3 rings (SSSR count). The first-order valence-corrected chi connectivity index (χ1v) is 9.15. The molecular formula is C19H23ClN4O3. The SMILES string of the molecule is CO[C@H]1C[C@@H](CNC(=O)COc2ccc(Cl)cc2C)N(c2ccncn2)C1. The number of hydrogen-bond donors (Lipinski definition) is 1. The zero-order chi connectivity index (χ0) is 19.2. The maximum atomic E-state index is 12.2. The van der Waals surface area contributed by atoms with E-state index in [0.29, 0.717) is 17.3 Å². The van der Waals surface area contributed by atoms with Gasteiger partial charge in [-0.05, 0) is 43.2 Å². The second-order valence-electron chi connectivity index (χ2n) is 6.47. The van der Waals surface area contributed by atoms with E-state index in [0.717, 1.165) is 24.3 Å². The number of methoxy groups -OCH3 is 1. The first kappa shape index (κ1) is 19.4. The lowest BCUT2D eigenvalue weighted by atomic mass is 10.2. The van der Waals surface area contributed by atoms with Gasteiger partial charge in [0.2, 0.25) is 0 Å². The minimum absolute atomic E-state index is 0.0452. The van der Waals surface area contributed by atoms with Crippen molar-refractivity contribution in [2.24, 2.45) is 0 Å². The third-order valence-corrected chi connectivity index (χ3v) is 4.84.